The van der Waals surface area contributed by atoms with Crippen molar-refractivity contribution in [3.05, 3.63) is 48.0 Å². The highest BCUT2D eigenvalue weighted by atomic mass is 28.4. The van der Waals surface area contributed by atoms with Crippen molar-refractivity contribution in [1.29, 1.82) is 0 Å². The summed E-state index contributed by atoms with van der Waals surface area (Å²) in [5.74, 6) is 0. The molecule has 6 heteroatoms. The molecule has 0 unspecified atom stereocenters. The van der Waals surface area contributed by atoms with Gasteiger partial charge in [0.25, 0.3) is 0 Å². The Labute approximate surface area is 211 Å². The van der Waals surface area contributed by atoms with E-state index in [2.05, 4.69) is 92.0 Å². The summed E-state index contributed by atoms with van der Waals surface area (Å²) in [4.78, 5) is 0. The van der Waals surface area contributed by atoms with Crippen molar-refractivity contribution in [3.63, 3.8) is 0 Å². The number of rotatable bonds is 10. The van der Waals surface area contributed by atoms with Crippen molar-refractivity contribution >= 4 is 16.6 Å². The molecule has 1 fully saturated rings. The fourth-order valence-electron chi connectivity index (χ4n) is 3.33. The second-order valence-corrected chi connectivity index (χ2v) is 22.2. The Morgan fingerprint density at radius 3 is 2.12 bits per heavy atom. The third-order valence-electron chi connectivity index (χ3n) is 7.77. The van der Waals surface area contributed by atoms with E-state index in [1.807, 2.05) is 18.2 Å². The summed E-state index contributed by atoms with van der Waals surface area (Å²) in [7, 11) is -3.59. The molecule has 0 radical (unpaired) electrons. The summed E-state index contributed by atoms with van der Waals surface area (Å²) in [6, 6.07) is 10.2. The molecule has 4 nitrogen and oxygen atoms in total. The van der Waals surface area contributed by atoms with E-state index in [1.165, 1.54) is 0 Å². The largest absolute Gasteiger partial charge is 0.417 e. The minimum absolute atomic E-state index is 0.0205. The molecule has 2 rings (SSSR count). The SMILES string of the molecule is CC(C)(C)[Si](C)(C)OCCC/C=C\C[C@@H]1O[C@H](c2ccccc2)OC[C@H]1O[Si](C)(C)C(C)(C)C. The van der Waals surface area contributed by atoms with Gasteiger partial charge in [-0.2, -0.15) is 0 Å². The molecule has 0 aromatic heterocycles. The van der Waals surface area contributed by atoms with Gasteiger partial charge in [-0.25, -0.2) is 0 Å². The van der Waals surface area contributed by atoms with Gasteiger partial charge in [-0.3, -0.25) is 0 Å². The molecule has 1 aliphatic heterocycles. The smallest absolute Gasteiger partial charge is 0.192 e. The number of allylic oxidation sites excluding steroid dienone is 1. The molecular weight excluding hydrogens is 456 g/mol. The van der Waals surface area contributed by atoms with Crippen LogP contribution in [0.15, 0.2) is 42.5 Å². The maximum absolute atomic E-state index is 6.74. The summed E-state index contributed by atoms with van der Waals surface area (Å²) >= 11 is 0. The van der Waals surface area contributed by atoms with Gasteiger partial charge in [0.05, 0.1) is 18.8 Å². The van der Waals surface area contributed by atoms with Crippen LogP contribution in [0.1, 0.15) is 72.7 Å². The van der Waals surface area contributed by atoms with Crippen LogP contribution in [0.4, 0.5) is 0 Å². The van der Waals surface area contributed by atoms with Crippen molar-refractivity contribution < 1.29 is 18.3 Å². The average Bonchev–Trinajstić information content (AvgIpc) is 2.72. The predicted molar refractivity (Wildman–Crippen MR) is 148 cm³/mol. The standard InChI is InChI=1S/C28H50O4Si2/c1-27(2,3)33(7,8)30-21-17-12-11-16-20-24-25(32-34(9,10)28(4,5)6)22-29-26(31-24)23-18-14-13-15-19-23/h11,13-16,18-19,24-26H,12,17,20-22H2,1-10H3/b16-11-/t24-,25+,26+/m0/s1. The van der Waals surface area contributed by atoms with Crippen LogP contribution in [-0.4, -0.2) is 42.1 Å². The van der Waals surface area contributed by atoms with Crippen LogP contribution < -0.4 is 0 Å². The van der Waals surface area contributed by atoms with Crippen molar-refractivity contribution in [2.75, 3.05) is 13.2 Å². The number of unbranched alkanes of at least 4 members (excludes halogenated alkanes) is 1. The Hall–Kier alpha value is -0.766. The highest BCUT2D eigenvalue weighted by Gasteiger charge is 2.43. The molecule has 3 atom stereocenters. The highest BCUT2D eigenvalue weighted by molar-refractivity contribution is 6.74. The van der Waals surface area contributed by atoms with Crippen LogP contribution in [0.2, 0.25) is 36.3 Å². The second kappa shape index (κ2) is 12.0. The Morgan fingerprint density at radius 1 is 0.912 bits per heavy atom. The van der Waals surface area contributed by atoms with E-state index in [9.17, 15) is 0 Å². The number of hydrogen-bond acceptors (Lipinski definition) is 4. The third-order valence-corrected chi connectivity index (χ3v) is 16.8. The Morgan fingerprint density at radius 2 is 1.53 bits per heavy atom. The van der Waals surface area contributed by atoms with Crippen molar-refractivity contribution in [1.82, 2.24) is 0 Å². The molecule has 1 heterocycles. The molecule has 34 heavy (non-hydrogen) atoms. The monoisotopic (exact) mass is 506 g/mol. The van der Waals surface area contributed by atoms with E-state index in [0.717, 1.165) is 31.4 Å². The van der Waals surface area contributed by atoms with Crippen molar-refractivity contribution in [3.8, 4) is 0 Å². The van der Waals surface area contributed by atoms with E-state index in [-0.39, 0.29) is 28.6 Å². The Balaban J connectivity index is 1.95. The summed E-state index contributed by atoms with van der Waals surface area (Å²) < 4.78 is 25.6. The Kier molecular flexibility index (Phi) is 10.4. The van der Waals surface area contributed by atoms with Gasteiger partial charge in [0.1, 0.15) is 0 Å². The molecular formula is C28H50O4Si2. The zero-order valence-corrected chi connectivity index (χ0v) is 25.4. The maximum Gasteiger partial charge on any atom is 0.192 e. The normalized spacial score (nSPS) is 22.9. The molecule has 1 aromatic rings. The van der Waals surface area contributed by atoms with Gasteiger partial charge in [-0.1, -0.05) is 84.0 Å². The zero-order valence-electron chi connectivity index (χ0n) is 23.4. The highest BCUT2D eigenvalue weighted by Crippen LogP contribution is 2.40. The fraction of sp³-hybridized carbons (Fsp3) is 0.714. The van der Waals surface area contributed by atoms with Crippen LogP contribution in [0, 0.1) is 0 Å². The molecule has 1 aliphatic rings. The first-order chi connectivity index (χ1) is 15.6. The van der Waals surface area contributed by atoms with Gasteiger partial charge in [0.15, 0.2) is 22.9 Å². The minimum atomic E-state index is -1.93. The summed E-state index contributed by atoms with van der Waals surface area (Å²) in [5, 5.41) is 0.408. The van der Waals surface area contributed by atoms with E-state index in [0.29, 0.717) is 6.61 Å². The van der Waals surface area contributed by atoms with E-state index < -0.39 is 16.6 Å². The summed E-state index contributed by atoms with van der Waals surface area (Å²) in [6.07, 6.45) is 7.02. The summed E-state index contributed by atoms with van der Waals surface area (Å²) in [5.41, 5.74) is 1.06. The maximum atomic E-state index is 6.74. The Bertz CT molecular complexity index is 763. The second-order valence-electron chi connectivity index (χ2n) is 12.6. The predicted octanol–water partition coefficient (Wildman–Crippen LogP) is 8.24. The van der Waals surface area contributed by atoms with E-state index in [1.54, 1.807) is 0 Å². The van der Waals surface area contributed by atoms with Gasteiger partial charge in [-0.15, -0.1) is 0 Å². The molecule has 1 saturated heterocycles. The molecule has 0 amide bonds. The lowest BCUT2D eigenvalue weighted by atomic mass is 10.1. The van der Waals surface area contributed by atoms with Gasteiger partial charge in [0, 0.05) is 12.2 Å². The van der Waals surface area contributed by atoms with E-state index in [4.69, 9.17) is 18.3 Å². The molecule has 0 spiro atoms. The molecule has 0 N–H and O–H groups in total. The van der Waals surface area contributed by atoms with Gasteiger partial charge >= 0.3 is 0 Å². The van der Waals surface area contributed by atoms with Gasteiger partial charge in [0.2, 0.25) is 0 Å². The quantitative estimate of drug-likeness (QED) is 0.182. The van der Waals surface area contributed by atoms with Gasteiger partial charge in [-0.05, 0) is 55.5 Å². The van der Waals surface area contributed by atoms with Crippen molar-refractivity contribution in [2.24, 2.45) is 0 Å². The lowest BCUT2D eigenvalue weighted by Crippen LogP contribution is -2.51. The van der Waals surface area contributed by atoms with Crippen LogP contribution in [0.25, 0.3) is 0 Å². The van der Waals surface area contributed by atoms with Crippen LogP contribution >= 0.6 is 0 Å². The molecule has 0 bridgehead atoms. The van der Waals surface area contributed by atoms with Crippen LogP contribution in [-0.2, 0) is 18.3 Å². The first-order valence-electron chi connectivity index (χ1n) is 12.9. The zero-order chi connectivity index (χ0) is 25.6. The van der Waals surface area contributed by atoms with Gasteiger partial charge < -0.3 is 18.3 Å². The summed E-state index contributed by atoms with van der Waals surface area (Å²) in [6.45, 7) is 24.3. The molecule has 0 saturated carbocycles. The molecule has 194 valence electrons. The van der Waals surface area contributed by atoms with Crippen LogP contribution in [0.5, 0.6) is 0 Å². The fourth-order valence-corrected chi connectivity index (χ4v) is 5.74. The number of ether oxygens (including phenoxy) is 2. The third kappa shape index (κ3) is 8.42. The molecule has 1 aromatic carbocycles. The first-order valence-corrected chi connectivity index (χ1v) is 18.7. The van der Waals surface area contributed by atoms with Crippen molar-refractivity contribution in [2.45, 2.75) is 116 Å². The lowest BCUT2D eigenvalue weighted by molar-refractivity contribution is -0.252. The first kappa shape index (κ1) is 29.5. The van der Waals surface area contributed by atoms with Crippen LogP contribution in [0.3, 0.4) is 0 Å². The average molecular weight is 507 g/mol. The molecule has 0 aliphatic carbocycles. The minimum Gasteiger partial charge on any atom is -0.417 e. The topological polar surface area (TPSA) is 36.9 Å². The number of hydrogen-bond donors (Lipinski definition) is 0. The lowest BCUT2D eigenvalue weighted by Gasteiger charge is -2.44. The van der Waals surface area contributed by atoms with E-state index >= 15 is 0 Å². The number of benzene rings is 1.